The van der Waals surface area contributed by atoms with Gasteiger partial charge in [0.05, 0.1) is 11.0 Å². The second-order valence-corrected chi connectivity index (χ2v) is 5.39. The van der Waals surface area contributed by atoms with Gasteiger partial charge in [-0.1, -0.05) is 18.2 Å². The zero-order valence-electron chi connectivity index (χ0n) is 12.5. The number of rotatable bonds is 5. The number of imidazole rings is 1. The number of nitrogens with zero attached hydrogens (tertiary/aromatic N) is 2. The molecule has 0 aliphatic rings. The van der Waals surface area contributed by atoms with Crippen molar-refractivity contribution in [3.05, 3.63) is 59.0 Å². The van der Waals surface area contributed by atoms with Gasteiger partial charge in [-0.3, -0.25) is 4.57 Å². The number of aromatic amines is 1. The van der Waals surface area contributed by atoms with Gasteiger partial charge in [0.15, 0.2) is 0 Å². The molecule has 5 nitrogen and oxygen atoms in total. The summed E-state index contributed by atoms with van der Waals surface area (Å²) in [5.41, 5.74) is 2.70. The van der Waals surface area contributed by atoms with Crippen LogP contribution in [-0.2, 0) is 6.54 Å². The second-order valence-electron chi connectivity index (χ2n) is 5.39. The summed E-state index contributed by atoms with van der Waals surface area (Å²) in [4.78, 5) is 16.9. The van der Waals surface area contributed by atoms with Gasteiger partial charge >= 0.3 is 5.69 Å². The number of phenolic OH excluding ortho intramolecular Hbond substituents is 1. The number of phenols is 1. The number of para-hydroxylation sites is 2. The van der Waals surface area contributed by atoms with Gasteiger partial charge in [0.2, 0.25) is 0 Å². The maximum atomic E-state index is 12.0. The molecule has 0 amide bonds. The van der Waals surface area contributed by atoms with Crippen LogP contribution in [0.1, 0.15) is 6.42 Å². The smallest absolute Gasteiger partial charge is 0.326 e. The molecule has 0 saturated carbocycles. The first kappa shape index (κ1) is 14.3. The van der Waals surface area contributed by atoms with E-state index in [1.165, 1.54) is 0 Å². The highest BCUT2D eigenvalue weighted by Crippen LogP contribution is 2.19. The van der Waals surface area contributed by atoms with Crippen molar-refractivity contribution >= 4 is 16.7 Å². The standard InChI is InChI=1S/C17H19N3O2/c1-19(13-6-4-7-14(21)12-13)10-5-11-20-16-9-3-2-8-15(16)18-17(20)22/h2-4,6-9,12,21H,5,10-11H2,1H3,(H,18,22). The van der Waals surface area contributed by atoms with Gasteiger partial charge in [0.1, 0.15) is 5.75 Å². The van der Waals surface area contributed by atoms with Gasteiger partial charge in [-0.2, -0.15) is 0 Å². The third kappa shape index (κ3) is 2.83. The molecular formula is C17H19N3O2. The van der Waals surface area contributed by atoms with Crippen LogP contribution < -0.4 is 10.6 Å². The SMILES string of the molecule is CN(CCCn1c(=O)[nH]c2ccccc21)c1cccc(O)c1. The molecule has 0 radical (unpaired) electrons. The Morgan fingerprint density at radius 1 is 1.18 bits per heavy atom. The molecule has 0 aliphatic carbocycles. The summed E-state index contributed by atoms with van der Waals surface area (Å²) in [6.45, 7) is 1.46. The average molecular weight is 297 g/mol. The van der Waals surface area contributed by atoms with Crippen molar-refractivity contribution in [2.24, 2.45) is 0 Å². The minimum atomic E-state index is -0.0683. The van der Waals surface area contributed by atoms with Gasteiger partial charge in [-0.25, -0.2) is 4.79 Å². The molecular weight excluding hydrogens is 278 g/mol. The lowest BCUT2D eigenvalue weighted by atomic mass is 10.2. The normalized spacial score (nSPS) is 11.0. The molecule has 0 spiro atoms. The van der Waals surface area contributed by atoms with Crippen LogP contribution >= 0.6 is 0 Å². The Hall–Kier alpha value is -2.69. The van der Waals surface area contributed by atoms with Gasteiger partial charge < -0.3 is 15.0 Å². The molecule has 0 aliphatic heterocycles. The highest BCUT2D eigenvalue weighted by Gasteiger charge is 2.06. The first-order valence-corrected chi connectivity index (χ1v) is 7.33. The van der Waals surface area contributed by atoms with E-state index in [2.05, 4.69) is 9.88 Å². The molecule has 0 bridgehead atoms. The molecule has 0 unspecified atom stereocenters. The van der Waals surface area contributed by atoms with E-state index in [1.54, 1.807) is 16.7 Å². The number of nitrogens with one attached hydrogen (secondary N) is 1. The molecule has 3 rings (SSSR count). The van der Waals surface area contributed by atoms with E-state index in [0.717, 1.165) is 29.7 Å². The minimum absolute atomic E-state index is 0.0683. The van der Waals surface area contributed by atoms with Crippen molar-refractivity contribution < 1.29 is 5.11 Å². The number of H-pyrrole nitrogens is 1. The zero-order chi connectivity index (χ0) is 15.5. The minimum Gasteiger partial charge on any atom is -0.508 e. The van der Waals surface area contributed by atoms with E-state index >= 15 is 0 Å². The molecule has 0 atom stereocenters. The van der Waals surface area contributed by atoms with Crippen molar-refractivity contribution in [2.75, 3.05) is 18.5 Å². The number of anilines is 1. The number of fused-ring (bicyclic) bond motifs is 1. The Morgan fingerprint density at radius 2 is 2.00 bits per heavy atom. The van der Waals surface area contributed by atoms with E-state index in [-0.39, 0.29) is 11.4 Å². The molecule has 1 heterocycles. The molecule has 114 valence electrons. The number of aromatic nitrogens is 2. The molecule has 22 heavy (non-hydrogen) atoms. The van der Waals surface area contributed by atoms with Crippen LogP contribution in [0, 0.1) is 0 Å². The fourth-order valence-electron chi connectivity index (χ4n) is 2.65. The van der Waals surface area contributed by atoms with Gasteiger partial charge in [0, 0.05) is 31.9 Å². The summed E-state index contributed by atoms with van der Waals surface area (Å²) in [6.07, 6.45) is 0.841. The summed E-state index contributed by atoms with van der Waals surface area (Å²) >= 11 is 0. The highest BCUT2D eigenvalue weighted by atomic mass is 16.3. The second kappa shape index (κ2) is 5.97. The number of benzene rings is 2. The first-order valence-electron chi connectivity index (χ1n) is 7.33. The lowest BCUT2D eigenvalue weighted by molar-refractivity contribution is 0.475. The third-order valence-electron chi connectivity index (χ3n) is 3.83. The molecule has 2 N–H and O–H groups in total. The van der Waals surface area contributed by atoms with Crippen molar-refractivity contribution in [3.63, 3.8) is 0 Å². The van der Waals surface area contributed by atoms with Gasteiger partial charge in [-0.05, 0) is 30.7 Å². The molecule has 0 fully saturated rings. The molecule has 1 aromatic heterocycles. The third-order valence-corrected chi connectivity index (χ3v) is 3.83. The molecule has 2 aromatic carbocycles. The van der Waals surface area contributed by atoms with Crippen LogP contribution in [0.3, 0.4) is 0 Å². The number of aromatic hydroxyl groups is 1. The summed E-state index contributed by atoms with van der Waals surface area (Å²) in [5.74, 6) is 0.261. The highest BCUT2D eigenvalue weighted by molar-refractivity contribution is 5.74. The predicted molar refractivity (Wildman–Crippen MR) is 88.6 cm³/mol. The van der Waals surface area contributed by atoms with E-state index in [0.29, 0.717) is 6.54 Å². The Bertz CT molecular complexity index is 835. The lowest BCUT2D eigenvalue weighted by Gasteiger charge is -2.19. The maximum absolute atomic E-state index is 12.0. The lowest BCUT2D eigenvalue weighted by Crippen LogP contribution is -2.23. The molecule has 3 aromatic rings. The van der Waals surface area contributed by atoms with Crippen LogP contribution in [0.4, 0.5) is 5.69 Å². The van der Waals surface area contributed by atoms with Crippen molar-refractivity contribution in [1.29, 1.82) is 0 Å². The van der Waals surface area contributed by atoms with E-state index in [1.807, 2.05) is 43.4 Å². The Morgan fingerprint density at radius 3 is 2.82 bits per heavy atom. The van der Waals surface area contributed by atoms with E-state index < -0.39 is 0 Å². The summed E-state index contributed by atoms with van der Waals surface area (Å²) < 4.78 is 1.77. The van der Waals surface area contributed by atoms with Crippen LogP contribution in [0.15, 0.2) is 53.3 Å². The summed E-state index contributed by atoms with van der Waals surface area (Å²) in [7, 11) is 1.98. The Balaban J connectivity index is 1.67. The number of hydrogen-bond donors (Lipinski definition) is 2. The Labute approximate surface area is 128 Å². The quantitative estimate of drug-likeness (QED) is 0.761. The summed E-state index contributed by atoms with van der Waals surface area (Å²) in [6, 6.07) is 14.9. The largest absolute Gasteiger partial charge is 0.508 e. The van der Waals surface area contributed by atoms with E-state index in [4.69, 9.17) is 0 Å². The van der Waals surface area contributed by atoms with Crippen molar-refractivity contribution in [2.45, 2.75) is 13.0 Å². The van der Waals surface area contributed by atoms with Crippen molar-refractivity contribution in [3.8, 4) is 5.75 Å². The zero-order valence-corrected chi connectivity index (χ0v) is 12.5. The Kier molecular flexibility index (Phi) is 3.87. The van der Waals surface area contributed by atoms with Crippen LogP contribution in [0.5, 0.6) is 5.75 Å². The van der Waals surface area contributed by atoms with Crippen LogP contribution in [-0.4, -0.2) is 28.3 Å². The van der Waals surface area contributed by atoms with Crippen LogP contribution in [0.2, 0.25) is 0 Å². The number of aryl methyl sites for hydroxylation is 1. The average Bonchev–Trinajstić information content (AvgIpc) is 2.83. The van der Waals surface area contributed by atoms with Crippen molar-refractivity contribution in [1.82, 2.24) is 9.55 Å². The summed E-state index contributed by atoms with van der Waals surface area (Å²) in [5, 5.41) is 9.52. The monoisotopic (exact) mass is 297 g/mol. The number of hydrogen-bond acceptors (Lipinski definition) is 3. The fourth-order valence-corrected chi connectivity index (χ4v) is 2.65. The van der Waals surface area contributed by atoms with Gasteiger partial charge in [-0.15, -0.1) is 0 Å². The maximum Gasteiger partial charge on any atom is 0.326 e. The first-order chi connectivity index (χ1) is 10.6. The topological polar surface area (TPSA) is 61.3 Å². The predicted octanol–water partition coefficient (Wildman–Crippen LogP) is 2.56. The van der Waals surface area contributed by atoms with Crippen LogP contribution in [0.25, 0.3) is 11.0 Å². The van der Waals surface area contributed by atoms with E-state index in [9.17, 15) is 9.90 Å². The molecule has 0 saturated heterocycles. The van der Waals surface area contributed by atoms with Gasteiger partial charge in [0.25, 0.3) is 0 Å². The molecule has 5 heteroatoms. The fraction of sp³-hybridized carbons (Fsp3) is 0.235.